The van der Waals surface area contributed by atoms with Gasteiger partial charge in [0.25, 0.3) is 5.91 Å². The third-order valence-corrected chi connectivity index (χ3v) is 8.69. The maximum atomic E-state index is 13.2. The van der Waals surface area contributed by atoms with E-state index in [1.54, 1.807) is 0 Å². The highest BCUT2D eigenvalue weighted by Gasteiger charge is 2.60. The summed E-state index contributed by atoms with van der Waals surface area (Å²) in [5, 5.41) is 5.60. The Kier molecular flexibility index (Phi) is 3.60. The molecule has 4 bridgehead atoms. The van der Waals surface area contributed by atoms with Crippen LogP contribution in [0.4, 0.5) is 0 Å². The van der Waals surface area contributed by atoms with Gasteiger partial charge in [0.15, 0.2) is 0 Å². The first-order valence-corrected chi connectivity index (χ1v) is 11.0. The lowest BCUT2D eigenvalue weighted by Gasteiger charge is -2.65. The second-order valence-corrected chi connectivity index (χ2v) is 11.6. The average molecular weight is 408 g/mol. The summed E-state index contributed by atoms with van der Waals surface area (Å²) < 4.78 is 0.970. The van der Waals surface area contributed by atoms with Crippen molar-refractivity contribution in [2.45, 2.75) is 57.9 Å². The first kappa shape index (κ1) is 17.3. The number of nitrogens with one attached hydrogen (secondary N) is 1. The number of carbonyl (C=O) groups is 1. The molecular formula is C21H23Cl2NOS. The molecule has 0 aliphatic heterocycles. The lowest BCUT2D eigenvalue weighted by molar-refractivity contribution is -0.114. The third-order valence-electron chi connectivity index (χ3n) is 6.80. The molecule has 1 N–H and O–H groups in total. The lowest BCUT2D eigenvalue weighted by atomic mass is 9.43. The van der Waals surface area contributed by atoms with Gasteiger partial charge in [0, 0.05) is 20.6 Å². The molecule has 6 rings (SSSR count). The van der Waals surface area contributed by atoms with Gasteiger partial charge < -0.3 is 5.32 Å². The molecule has 138 valence electrons. The van der Waals surface area contributed by atoms with E-state index in [4.69, 9.17) is 23.2 Å². The summed E-state index contributed by atoms with van der Waals surface area (Å²) in [6.45, 7) is 4.84. The minimum absolute atomic E-state index is 0.0125. The van der Waals surface area contributed by atoms with Gasteiger partial charge in [0.1, 0.15) is 4.88 Å². The van der Waals surface area contributed by atoms with E-state index in [2.05, 4.69) is 19.2 Å². The van der Waals surface area contributed by atoms with Gasteiger partial charge in [-0.2, -0.15) is 0 Å². The van der Waals surface area contributed by atoms with Gasteiger partial charge >= 0.3 is 0 Å². The molecule has 0 saturated heterocycles. The van der Waals surface area contributed by atoms with Crippen LogP contribution in [0.2, 0.25) is 10.0 Å². The van der Waals surface area contributed by atoms with Crippen LogP contribution in [0.1, 0.15) is 62.0 Å². The number of benzene rings is 1. The topological polar surface area (TPSA) is 29.1 Å². The van der Waals surface area contributed by atoms with Crippen molar-refractivity contribution in [2.24, 2.45) is 16.7 Å². The number of amides is 1. The summed E-state index contributed by atoms with van der Waals surface area (Å²) in [4.78, 5) is 13.8. The molecule has 0 spiro atoms. The molecule has 1 heterocycles. The Hall–Kier alpha value is -0.770. The maximum Gasteiger partial charge on any atom is 0.263 e. The molecule has 0 unspecified atom stereocenters. The molecule has 2 atom stereocenters. The summed E-state index contributed by atoms with van der Waals surface area (Å²) in [5.74, 6) is 0.736. The van der Waals surface area contributed by atoms with Crippen molar-refractivity contribution in [3.05, 3.63) is 33.1 Å². The largest absolute Gasteiger partial charge is 0.346 e. The molecule has 4 saturated carbocycles. The van der Waals surface area contributed by atoms with Crippen molar-refractivity contribution >= 4 is 50.5 Å². The average Bonchev–Trinajstić information content (AvgIpc) is 2.79. The van der Waals surface area contributed by atoms with Crippen molar-refractivity contribution in [3.8, 4) is 0 Å². The van der Waals surface area contributed by atoms with Gasteiger partial charge in [-0.1, -0.05) is 43.1 Å². The fraction of sp³-hybridized carbons (Fsp3) is 0.571. The predicted molar refractivity (Wildman–Crippen MR) is 109 cm³/mol. The van der Waals surface area contributed by atoms with Crippen LogP contribution in [0, 0.1) is 16.7 Å². The number of halogens is 2. The van der Waals surface area contributed by atoms with E-state index in [0.717, 1.165) is 35.3 Å². The molecule has 2 aromatic rings. The lowest BCUT2D eigenvalue weighted by Crippen LogP contribution is -2.65. The van der Waals surface area contributed by atoms with Crippen LogP contribution < -0.4 is 5.32 Å². The van der Waals surface area contributed by atoms with E-state index >= 15 is 0 Å². The van der Waals surface area contributed by atoms with Crippen LogP contribution in [0.15, 0.2) is 18.2 Å². The van der Waals surface area contributed by atoms with Gasteiger partial charge in [-0.3, -0.25) is 4.79 Å². The minimum atomic E-state index is -0.0584. The van der Waals surface area contributed by atoms with E-state index in [9.17, 15) is 4.79 Å². The van der Waals surface area contributed by atoms with Crippen LogP contribution in [0.25, 0.3) is 10.1 Å². The molecule has 0 radical (unpaired) electrons. The van der Waals surface area contributed by atoms with Crippen LogP contribution in [-0.2, 0) is 0 Å². The molecule has 4 aliphatic carbocycles. The smallest absolute Gasteiger partial charge is 0.263 e. The first-order valence-electron chi connectivity index (χ1n) is 9.39. The molecule has 4 fully saturated rings. The van der Waals surface area contributed by atoms with Gasteiger partial charge in [-0.15, -0.1) is 11.3 Å². The molecule has 4 aliphatic rings. The molecule has 1 amide bonds. The Balaban J connectivity index is 1.48. The zero-order valence-electron chi connectivity index (χ0n) is 15.1. The number of thiophene rings is 1. The molecule has 26 heavy (non-hydrogen) atoms. The normalized spacial score (nSPS) is 38.1. The van der Waals surface area contributed by atoms with E-state index in [0.29, 0.717) is 25.8 Å². The maximum absolute atomic E-state index is 13.2. The summed E-state index contributed by atoms with van der Waals surface area (Å²) in [5.41, 5.74) is 0.689. The van der Waals surface area contributed by atoms with E-state index in [-0.39, 0.29) is 11.4 Å². The summed E-state index contributed by atoms with van der Waals surface area (Å²) in [6, 6.07) is 5.61. The highest BCUT2D eigenvalue weighted by Crippen LogP contribution is 2.66. The van der Waals surface area contributed by atoms with E-state index in [1.165, 1.54) is 30.6 Å². The van der Waals surface area contributed by atoms with Crippen molar-refractivity contribution in [1.29, 1.82) is 0 Å². The van der Waals surface area contributed by atoms with Crippen molar-refractivity contribution < 1.29 is 4.79 Å². The standard InChI is InChI=1S/C21H23Cl2NOS/c1-19-6-12-7-20(2,9-19)11-21(8-12,10-19)24-18(25)17-16(23)14-4-3-13(22)5-15(14)26-17/h3-5,12H,6-11H2,1-2H3,(H,24,25)/t12?,19-,20-,21?/m1/s1. The second kappa shape index (κ2) is 5.40. The number of carbonyl (C=O) groups excluding carboxylic acids is 1. The SMILES string of the molecule is C[C@]12CC3CC(NC(=O)c4sc5cc(Cl)ccc5c4Cl)(C1)C[C@](C)(C3)C2. The zero-order valence-corrected chi connectivity index (χ0v) is 17.5. The van der Waals surface area contributed by atoms with E-state index < -0.39 is 0 Å². The predicted octanol–water partition coefficient (Wildman–Crippen LogP) is 6.69. The third kappa shape index (κ3) is 2.62. The molecule has 5 heteroatoms. The second-order valence-electron chi connectivity index (χ2n) is 9.75. The highest BCUT2D eigenvalue weighted by molar-refractivity contribution is 7.21. The van der Waals surface area contributed by atoms with E-state index in [1.807, 2.05) is 18.2 Å². The number of hydrogen-bond acceptors (Lipinski definition) is 2. The zero-order chi connectivity index (χ0) is 18.3. The monoisotopic (exact) mass is 407 g/mol. The fourth-order valence-corrected chi connectivity index (χ4v) is 8.76. The summed E-state index contributed by atoms with van der Waals surface area (Å²) in [7, 11) is 0. The Labute approximate surface area is 168 Å². The summed E-state index contributed by atoms with van der Waals surface area (Å²) in [6.07, 6.45) is 7.28. The first-order chi connectivity index (χ1) is 12.2. The number of fused-ring (bicyclic) bond motifs is 1. The number of rotatable bonds is 2. The Bertz CT molecular complexity index is 917. The van der Waals surface area contributed by atoms with Gasteiger partial charge in [0.2, 0.25) is 0 Å². The van der Waals surface area contributed by atoms with Gasteiger partial charge in [-0.05, 0) is 67.4 Å². The minimum Gasteiger partial charge on any atom is -0.346 e. The number of hydrogen-bond donors (Lipinski definition) is 1. The van der Waals surface area contributed by atoms with Crippen LogP contribution in [0.3, 0.4) is 0 Å². The van der Waals surface area contributed by atoms with Crippen molar-refractivity contribution in [2.75, 3.05) is 0 Å². The molecule has 2 nitrogen and oxygen atoms in total. The Morgan fingerprint density at radius 3 is 2.46 bits per heavy atom. The molecule has 1 aromatic heterocycles. The highest BCUT2D eigenvalue weighted by atomic mass is 35.5. The van der Waals surface area contributed by atoms with Crippen molar-refractivity contribution in [1.82, 2.24) is 5.32 Å². The molecule has 1 aromatic carbocycles. The van der Waals surface area contributed by atoms with Crippen LogP contribution in [-0.4, -0.2) is 11.4 Å². The Morgan fingerprint density at radius 2 is 1.81 bits per heavy atom. The summed E-state index contributed by atoms with van der Waals surface area (Å²) >= 11 is 14.1. The van der Waals surface area contributed by atoms with Crippen LogP contribution >= 0.6 is 34.5 Å². The molecular weight excluding hydrogens is 385 g/mol. The van der Waals surface area contributed by atoms with Gasteiger partial charge in [0.05, 0.1) is 5.02 Å². The van der Waals surface area contributed by atoms with Crippen molar-refractivity contribution in [3.63, 3.8) is 0 Å². The quantitative estimate of drug-likeness (QED) is 0.590. The Morgan fingerprint density at radius 1 is 1.12 bits per heavy atom. The van der Waals surface area contributed by atoms with Crippen LogP contribution in [0.5, 0.6) is 0 Å². The van der Waals surface area contributed by atoms with Gasteiger partial charge in [-0.25, -0.2) is 0 Å². The fourth-order valence-electron chi connectivity index (χ4n) is 7.07.